The van der Waals surface area contributed by atoms with Crippen LogP contribution in [0.2, 0.25) is 0 Å². The quantitative estimate of drug-likeness (QED) is 0.940. The van der Waals surface area contributed by atoms with Gasteiger partial charge in [-0.2, -0.15) is 10.4 Å². The highest BCUT2D eigenvalue weighted by Crippen LogP contribution is 2.17. The van der Waals surface area contributed by atoms with Gasteiger partial charge < -0.3 is 5.32 Å². The lowest BCUT2D eigenvalue weighted by molar-refractivity contribution is 0.703. The predicted octanol–water partition coefficient (Wildman–Crippen LogP) is 2.03. The zero-order valence-corrected chi connectivity index (χ0v) is 11.8. The molecule has 96 valence electrons. The number of rotatable bonds is 3. The standard InChI is InChI=1S/C13H11BrN4O/c1-18-13(19)12(14)11(8-17-18)16-7-10-4-2-9(6-15)3-5-10/h2-5,8,16H,7H2,1H3. The Labute approximate surface area is 118 Å². The second-order valence-electron chi connectivity index (χ2n) is 3.96. The summed E-state index contributed by atoms with van der Waals surface area (Å²) in [7, 11) is 1.59. The number of halogens is 1. The van der Waals surface area contributed by atoms with Gasteiger partial charge in [-0.1, -0.05) is 12.1 Å². The average molecular weight is 319 g/mol. The first kappa shape index (κ1) is 13.3. The zero-order valence-electron chi connectivity index (χ0n) is 10.2. The molecule has 0 fully saturated rings. The number of nitrogens with zero attached hydrogens (tertiary/aromatic N) is 3. The van der Waals surface area contributed by atoms with Crippen molar-refractivity contribution < 1.29 is 0 Å². The summed E-state index contributed by atoms with van der Waals surface area (Å²) in [6.07, 6.45) is 1.59. The second-order valence-corrected chi connectivity index (χ2v) is 4.76. The molecule has 0 unspecified atom stereocenters. The smallest absolute Gasteiger partial charge is 0.282 e. The van der Waals surface area contributed by atoms with Crippen LogP contribution in [0.25, 0.3) is 0 Å². The van der Waals surface area contributed by atoms with Gasteiger partial charge in [0.1, 0.15) is 4.47 Å². The maximum absolute atomic E-state index is 11.7. The van der Waals surface area contributed by atoms with Gasteiger partial charge in [-0.25, -0.2) is 4.68 Å². The van der Waals surface area contributed by atoms with E-state index in [1.54, 1.807) is 25.4 Å². The largest absolute Gasteiger partial charge is 0.379 e. The van der Waals surface area contributed by atoms with E-state index < -0.39 is 0 Å². The van der Waals surface area contributed by atoms with Gasteiger partial charge in [-0.05, 0) is 33.6 Å². The maximum atomic E-state index is 11.7. The SMILES string of the molecule is Cn1ncc(NCc2ccc(C#N)cc2)c(Br)c1=O. The molecule has 0 amide bonds. The molecule has 0 atom stereocenters. The molecule has 0 aliphatic rings. The fourth-order valence-electron chi connectivity index (χ4n) is 1.53. The summed E-state index contributed by atoms with van der Waals surface area (Å²) < 4.78 is 1.72. The number of nitrogens with one attached hydrogen (secondary N) is 1. The molecule has 1 N–H and O–H groups in total. The summed E-state index contributed by atoms with van der Waals surface area (Å²) in [5, 5.41) is 15.8. The van der Waals surface area contributed by atoms with Gasteiger partial charge >= 0.3 is 0 Å². The Hall–Kier alpha value is -2.13. The molecule has 19 heavy (non-hydrogen) atoms. The predicted molar refractivity (Wildman–Crippen MR) is 75.7 cm³/mol. The highest BCUT2D eigenvalue weighted by molar-refractivity contribution is 9.10. The molecule has 0 saturated carbocycles. The van der Waals surface area contributed by atoms with Crippen LogP contribution in [0, 0.1) is 11.3 Å². The van der Waals surface area contributed by atoms with Crippen LogP contribution in [-0.4, -0.2) is 9.78 Å². The van der Waals surface area contributed by atoms with Gasteiger partial charge in [0.05, 0.1) is 23.5 Å². The third kappa shape index (κ3) is 3.01. The van der Waals surface area contributed by atoms with Crippen molar-refractivity contribution >= 4 is 21.6 Å². The molecule has 1 aromatic heterocycles. The van der Waals surface area contributed by atoms with E-state index >= 15 is 0 Å². The number of anilines is 1. The number of aryl methyl sites for hydroxylation is 1. The van der Waals surface area contributed by atoms with Gasteiger partial charge in [0.2, 0.25) is 0 Å². The van der Waals surface area contributed by atoms with Crippen molar-refractivity contribution in [2.24, 2.45) is 7.05 Å². The number of hydrogen-bond acceptors (Lipinski definition) is 4. The fraction of sp³-hybridized carbons (Fsp3) is 0.154. The Balaban J connectivity index is 2.12. The monoisotopic (exact) mass is 318 g/mol. The first-order chi connectivity index (χ1) is 9.11. The number of hydrogen-bond donors (Lipinski definition) is 1. The van der Waals surface area contributed by atoms with E-state index in [1.807, 2.05) is 12.1 Å². The third-order valence-corrected chi connectivity index (χ3v) is 3.41. The normalized spacial score (nSPS) is 9.95. The second kappa shape index (κ2) is 5.67. The van der Waals surface area contributed by atoms with E-state index in [1.165, 1.54) is 4.68 Å². The van der Waals surface area contributed by atoms with Crippen molar-refractivity contribution in [2.45, 2.75) is 6.54 Å². The van der Waals surface area contributed by atoms with Crippen molar-refractivity contribution in [2.75, 3.05) is 5.32 Å². The summed E-state index contributed by atoms with van der Waals surface area (Å²) in [6, 6.07) is 9.32. The van der Waals surface area contributed by atoms with E-state index in [-0.39, 0.29) is 5.56 Å². The van der Waals surface area contributed by atoms with Crippen LogP contribution >= 0.6 is 15.9 Å². The lowest BCUT2D eigenvalue weighted by Crippen LogP contribution is -2.21. The van der Waals surface area contributed by atoms with Crippen LogP contribution < -0.4 is 10.9 Å². The molecule has 1 heterocycles. The van der Waals surface area contributed by atoms with Gasteiger partial charge in [-0.3, -0.25) is 4.79 Å². The molecule has 0 radical (unpaired) electrons. The Bertz CT molecular complexity index is 685. The maximum Gasteiger partial charge on any atom is 0.282 e. The van der Waals surface area contributed by atoms with Crippen molar-refractivity contribution in [3.05, 3.63) is 56.4 Å². The third-order valence-electron chi connectivity index (χ3n) is 2.64. The lowest BCUT2D eigenvalue weighted by Gasteiger charge is -2.08. The van der Waals surface area contributed by atoms with E-state index in [0.29, 0.717) is 22.3 Å². The minimum atomic E-state index is -0.190. The van der Waals surface area contributed by atoms with E-state index in [0.717, 1.165) is 5.56 Å². The van der Waals surface area contributed by atoms with Crippen LogP contribution in [0.3, 0.4) is 0 Å². The number of aromatic nitrogens is 2. The van der Waals surface area contributed by atoms with Gasteiger partial charge in [0.15, 0.2) is 0 Å². The molecule has 0 spiro atoms. The van der Waals surface area contributed by atoms with Crippen molar-refractivity contribution in [3.63, 3.8) is 0 Å². The van der Waals surface area contributed by atoms with Crippen molar-refractivity contribution in [1.82, 2.24) is 9.78 Å². The average Bonchev–Trinajstić information content (AvgIpc) is 2.45. The molecule has 1 aromatic carbocycles. The van der Waals surface area contributed by atoms with E-state index in [4.69, 9.17) is 5.26 Å². The highest BCUT2D eigenvalue weighted by atomic mass is 79.9. The summed E-state index contributed by atoms with van der Waals surface area (Å²) >= 11 is 3.25. The van der Waals surface area contributed by atoms with Crippen LogP contribution in [0.5, 0.6) is 0 Å². The minimum absolute atomic E-state index is 0.190. The summed E-state index contributed by atoms with van der Waals surface area (Å²) in [5.74, 6) is 0. The van der Waals surface area contributed by atoms with Crippen LogP contribution in [0.15, 0.2) is 39.7 Å². The highest BCUT2D eigenvalue weighted by Gasteiger charge is 2.06. The molecule has 2 aromatic rings. The first-order valence-corrected chi connectivity index (χ1v) is 6.36. The molecule has 2 rings (SSSR count). The molecule has 6 heteroatoms. The summed E-state index contributed by atoms with van der Waals surface area (Å²) in [4.78, 5) is 11.7. The summed E-state index contributed by atoms with van der Waals surface area (Å²) in [5.41, 5.74) is 2.10. The molecule has 5 nitrogen and oxygen atoms in total. The Morgan fingerprint density at radius 2 is 2.11 bits per heavy atom. The van der Waals surface area contributed by atoms with E-state index in [2.05, 4.69) is 32.4 Å². The van der Waals surface area contributed by atoms with Crippen molar-refractivity contribution in [3.8, 4) is 6.07 Å². The lowest BCUT2D eigenvalue weighted by atomic mass is 10.1. The molecule has 0 aliphatic heterocycles. The Morgan fingerprint density at radius 3 is 2.74 bits per heavy atom. The first-order valence-electron chi connectivity index (χ1n) is 5.56. The van der Waals surface area contributed by atoms with Crippen LogP contribution in [0.4, 0.5) is 5.69 Å². The van der Waals surface area contributed by atoms with Crippen LogP contribution in [-0.2, 0) is 13.6 Å². The zero-order chi connectivity index (χ0) is 13.8. The fourth-order valence-corrected chi connectivity index (χ4v) is 2.03. The van der Waals surface area contributed by atoms with Gasteiger partial charge in [0.25, 0.3) is 5.56 Å². The molecular formula is C13H11BrN4O. The molecule has 0 bridgehead atoms. The molecule has 0 aliphatic carbocycles. The van der Waals surface area contributed by atoms with Crippen LogP contribution in [0.1, 0.15) is 11.1 Å². The number of nitriles is 1. The summed E-state index contributed by atoms with van der Waals surface area (Å²) in [6.45, 7) is 0.555. The van der Waals surface area contributed by atoms with E-state index in [9.17, 15) is 4.79 Å². The topological polar surface area (TPSA) is 70.7 Å². The van der Waals surface area contributed by atoms with Gasteiger partial charge in [-0.15, -0.1) is 0 Å². The van der Waals surface area contributed by atoms with Crippen molar-refractivity contribution in [1.29, 1.82) is 5.26 Å². The Kier molecular flexibility index (Phi) is 3.97. The minimum Gasteiger partial charge on any atom is -0.379 e. The Morgan fingerprint density at radius 1 is 1.42 bits per heavy atom. The number of benzene rings is 1. The molecule has 0 saturated heterocycles. The molecular weight excluding hydrogens is 308 g/mol. The van der Waals surface area contributed by atoms with Gasteiger partial charge in [0, 0.05) is 13.6 Å².